The Morgan fingerprint density at radius 3 is 2.71 bits per heavy atom. The first-order valence-corrected chi connectivity index (χ1v) is 8.35. The molecule has 132 valence electrons. The zero-order valence-electron chi connectivity index (χ0n) is 14.8. The molecule has 3 rings (SSSR count). The molecule has 0 spiro atoms. The standard InChI is InChI=1S/C18H26FN3O2/c1-17(2,3)24-16(23)22-10-15-18(12-22,20-15)11-21(4)9-13-5-7-14(19)8-6-13/h5-8,15,20H,9-12H2,1-4H3. The zero-order chi connectivity index (χ0) is 17.5. The minimum absolute atomic E-state index is 0.0360. The predicted molar refractivity (Wildman–Crippen MR) is 90.2 cm³/mol. The number of hydrogen-bond donors (Lipinski definition) is 1. The minimum Gasteiger partial charge on any atom is -0.444 e. The molecular formula is C18H26FN3O2. The van der Waals surface area contributed by atoms with Crippen molar-refractivity contribution >= 4 is 6.09 Å². The Labute approximate surface area is 142 Å². The fraction of sp³-hybridized carbons (Fsp3) is 0.611. The van der Waals surface area contributed by atoms with E-state index in [0.29, 0.717) is 19.1 Å². The van der Waals surface area contributed by atoms with Gasteiger partial charge >= 0.3 is 6.09 Å². The van der Waals surface area contributed by atoms with Crippen LogP contribution in [0.4, 0.5) is 9.18 Å². The molecule has 2 aliphatic rings. The maximum absolute atomic E-state index is 13.0. The quantitative estimate of drug-likeness (QED) is 0.857. The summed E-state index contributed by atoms with van der Waals surface area (Å²) in [5.74, 6) is -0.215. The summed E-state index contributed by atoms with van der Waals surface area (Å²) < 4.78 is 18.4. The highest BCUT2D eigenvalue weighted by Gasteiger charge is 2.61. The van der Waals surface area contributed by atoms with Crippen LogP contribution in [0, 0.1) is 5.82 Å². The molecule has 2 unspecified atom stereocenters. The van der Waals surface area contributed by atoms with Gasteiger partial charge in [-0.2, -0.15) is 0 Å². The van der Waals surface area contributed by atoms with Crippen LogP contribution in [0.5, 0.6) is 0 Å². The van der Waals surface area contributed by atoms with Crippen molar-refractivity contribution in [2.75, 3.05) is 26.7 Å². The van der Waals surface area contributed by atoms with Gasteiger partial charge in [0.05, 0.1) is 5.54 Å². The first-order valence-electron chi connectivity index (χ1n) is 8.35. The fourth-order valence-electron chi connectivity index (χ4n) is 3.42. The first-order chi connectivity index (χ1) is 11.2. The monoisotopic (exact) mass is 335 g/mol. The Morgan fingerprint density at radius 1 is 1.42 bits per heavy atom. The molecule has 2 aliphatic heterocycles. The molecular weight excluding hydrogens is 309 g/mol. The molecule has 1 aromatic carbocycles. The Bertz CT molecular complexity index is 614. The van der Waals surface area contributed by atoms with E-state index >= 15 is 0 Å². The molecule has 24 heavy (non-hydrogen) atoms. The molecule has 2 atom stereocenters. The maximum Gasteiger partial charge on any atom is 0.410 e. The average Bonchev–Trinajstić information content (AvgIpc) is 2.99. The lowest BCUT2D eigenvalue weighted by Crippen LogP contribution is -2.43. The normalized spacial score (nSPS) is 25.8. The molecule has 5 nitrogen and oxygen atoms in total. The minimum atomic E-state index is -0.468. The number of carbonyl (C=O) groups excluding carboxylic acids is 1. The van der Waals surface area contributed by atoms with Crippen LogP contribution < -0.4 is 5.32 Å². The Kier molecular flexibility index (Phi) is 4.30. The van der Waals surface area contributed by atoms with Crippen LogP contribution in [0.1, 0.15) is 26.3 Å². The summed E-state index contributed by atoms with van der Waals surface area (Å²) in [6, 6.07) is 6.92. The number of nitrogens with one attached hydrogen (secondary N) is 1. The van der Waals surface area contributed by atoms with Crippen LogP contribution in [-0.4, -0.2) is 59.8 Å². The van der Waals surface area contributed by atoms with Crippen molar-refractivity contribution < 1.29 is 13.9 Å². The van der Waals surface area contributed by atoms with Gasteiger partial charge in [-0.15, -0.1) is 0 Å². The molecule has 1 amide bonds. The number of nitrogens with zero attached hydrogens (tertiary/aromatic N) is 2. The summed E-state index contributed by atoms with van der Waals surface area (Å²) >= 11 is 0. The van der Waals surface area contributed by atoms with Gasteiger partial charge in [-0.1, -0.05) is 12.1 Å². The average molecular weight is 335 g/mol. The van der Waals surface area contributed by atoms with E-state index in [0.717, 1.165) is 18.7 Å². The van der Waals surface area contributed by atoms with Crippen molar-refractivity contribution in [2.45, 2.75) is 44.5 Å². The fourth-order valence-corrected chi connectivity index (χ4v) is 3.42. The summed E-state index contributed by atoms with van der Waals surface area (Å²) in [5, 5.41) is 3.50. The number of benzene rings is 1. The topological polar surface area (TPSA) is 54.7 Å². The Balaban J connectivity index is 1.53. The van der Waals surface area contributed by atoms with Crippen LogP contribution in [-0.2, 0) is 11.3 Å². The van der Waals surface area contributed by atoms with Crippen molar-refractivity contribution in [2.24, 2.45) is 0 Å². The van der Waals surface area contributed by atoms with E-state index in [4.69, 9.17) is 4.74 Å². The second kappa shape index (κ2) is 6.01. The third kappa shape index (κ3) is 3.87. The number of carbonyl (C=O) groups is 1. The van der Waals surface area contributed by atoms with Crippen molar-refractivity contribution in [1.29, 1.82) is 0 Å². The van der Waals surface area contributed by atoms with Gasteiger partial charge < -0.3 is 19.9 Å². The van der Waals surface area contributed by atoms with Crippen LogP contribution in [0.3, 0.4) is 0 Å². The number of amides is 1. The molecule has 1 aromatic rings. The van der Waals surface area contributed by atoms with Gasteiger partial charge in [0.25, 0.3) is 0 Å². The van der Waals surface area contributed by atoms with Crippen molar-refractivity contribution in [3.63, 3.8) is 0 Å². The molecule has 2 saturated heterocycles. The Hall–Kier alpha value is -1.66. The lowest BCUT2D eigenvalue weighted by Gasteiger charge is -2.27. The van der Waals surface area contributed by atoms with Gasteiger partial charge in [-0.25, -0.2) is 9.18 Å². The zero-order valence-corrected chi connectivity index (χ0v) is 14.8. The van der Waals surface area contributed by atoms with Gasteiger partial charge in [-0.3, -0.25) is 0 Å². The third-order valence-electron chi connectivity index (χ3n) is 4.49. The smallest absolute Gasteiger partial charge is 0.410 e. The van der Waals surface area contributed by atoms with E-state index in [1.165, 1.54) is 12.1 Å². The highest BCUT2D eigenvalue weighted by Crippen LogP contribution is 2.36. The summed E-state index contributed by atoms with van der Waals surface area (Å²) in [6.07, 6.45) is -0.239. The highest BCUT2D eigenvalue weighted by molar-refractivity contribution is 5.69. The SMILES string of the molecule is CN(Cc1ccc(F)cc1)CC12CN(C(=O)OC(C)(C)C)CC1N2. The number of piperazine rings is 1. The largest absolute Gasteiger partial charge is 0.444 e. The van der Waals surface area contributed by atoms with E-state index in [-0.39, 0.29) is 17.4 Å². The van der Waals surface area contributed by atoms with E-state index in [2.05, 4.69) is 10.2 Å². The van der Waals surface area contributed by atoms with Gasteiger partial charge in [0, 0.05) is 32.2 Å². The second-order valence-corrected chi connectivity index (χ2v) is 8.01. The number of rotatable bonds is 4. The summed E-state index contributed by atoms with van der Waals surface area (Å²) in [4.78, 5) is 16.2. The molecule has 0 aliphatic carbocycles. The number of halogens is 1. The highest BCUT2D eigenvalue weighted by atomic mass is 19.1. The van der Waals surface area contributed by atoms with E-state index < -0.39 is 5.60 Å². The van der Waals surface area contributed by atoms with Crippen LogP contribution in [0.2, 0.25) is 0 Å². The molecule has 1 N–H and O–H groups in total. The van der Waals surface area contributed by atoms with E-state index in [1.807, 2.05) is 40.0 Å². The molecule has 2 heterocycles. The number of likely N-dealkylation sites (tertiary alicyclic amines) is 1. The Morgan fingerprint density at radius 2 is 2.08 bits per heavy atom. The molecule has 6 heteroatoms. The molecule has 0 saturated carbocycles. The van der Waals surface area contributed by atoms with Crippen LogP contribution >= 0.6 is 0 Å². The maximum atomic E-state index is 13.0. The number of likely N-dealkylation sites (N-methyl/N-ethyl adjacent to an activating group) is 1. The van der Waals surface area contributed by atoms with Crippen molar-refractivity contribution in [1.82, 2.24) is 15.1 Å². The molecule has 2 fully saturated rings. The summed E-state index contributed by atoms with van der Waals surface area (Å²) in [7, 11) is 2.05. The molecule has 0 radical (unpaired) electrons. The van der Waals surface area contributed by atoms with Crippen LogP contribution in [0.25, 0.3) is 0 Å². The predicted octanol–water partition coefficient (Wildman–Crippen LogP) is 2.22. The summed E-state index contributed by atoms with van der Waals surface area (Å²) in [6.45, 7) is 8.60. The lowest BCUT2D eigenvalue weighted by atomic mass is 10.1. The third-order valence-corrected chi connectivity index (χ3v) is 4.49. The van der Waals surface area contributed by atoms with Crippen molar-refractivity contribution in [3.05, 3.63) is 35.6 Å². The van der Waals surface area contributed by atoms with Crippen molar-refractivity contribution in [3.8, 4) is 0 Å². The number of hydrogen-bond acceptors (Lipinski definition) is 4. The lowest BCUT2D eigenvalue weighted by molar-refractivity contribution is 0.0266. The molecule has 0 bridgehead atoms. The second-order valence-electron chi connectivity index (χ2n) is 8.01. The van der Waals surface area contributed by atoms with Crippen LogP contribution in [0.15, 0.2) is 24.3 Å². The first kappa shape index (κ1) is 17.2. The van der Waals surface area contributed by atoms with E-state index in [9.17, 15) is 9.18 Å². The summed E-state index contributed by atoms with van der Waals surface area (Å²) in [5.41, 5.74) is 0.574. The van der Waals surface area contributed by atoms with Gasteiger partial charge in [-0.05, 0) is 45.5 Å². The number of fused-ring (bicyclic) bond motifs is 1. The van der Waals surface area contributed by atoms with E-state index in [1.54, 1.807) is 4.90 Å². The van der Waals surface area contributed by atoms with Gasteiger partial charge in [0.1, 0.15) is 11.4 Å². The van der Waals surface area contributed by atoms with Gasteiger partial charge in [0.15, 0.2) is 0 Å². The number of ether oxygens (including phenoxy) is 1. The van der Waals surface area contributed by atoms with Gasteiger partial charge in [0.2, 0.25) is 0 Å². The molecule has 0 aromatic heterocycles.